The Balaban J connectivity index is 2.14. The number of nitrogens with zero attached hydrogens (tertiary/aromatic N) is 4. The van der Waals surface area contributed by atoms with Crippen molar-refractivity contribution >= 4 is 22.9 Å². The fraction of sp³-hybridized carbons (Fsp3) is 0.300. The molecule has 136 valence electrons. The molecule has 0 radical (unpaired) electrons. The summed E-state index contributed by atoms with van der Waals surface area (Å²) in [6.45, 7) is 7.50. The lowest BCUT2D eigenvalue weighted by molar-refractivity contribution is -0.120. The maximum Gasteiger partial charge on any atom is 0.242 e. The first-order valence-corrected chi connectivity index (χ1v) is 8.38. The minimum absolute atomic E-state index is 0.255. The highest BCUT2D eigenvalue weighted by Crippen LogP contribution is 2.29. The first-order valence-electron chi connectivity index (χ1n) is 8.38. The molecular formula is C20H19N5O2. The normalized spacial score (nSPS) is 12.4. The minimum Gasteiger partial charge on any atom is -0.338 e. The molecule has 3 aromatic rings. The third kappa shape index (κ3) is 3.40. The average molecular weight is 361 g/mol. The molecule has 0 aliphatic rings. The van der Waals surface area contributed by atoms with E-state index in [0.29, 0.717) is 28.2 Å². The van der Waals surface area contributed by atoms with Crippen LogP contribution >= 0.6 is 0 Å². The van der Waals surface area contributed by atoms with Crippen molar-refractivity contribution in [1.29, 1.82) is 5.26 Å². The Kier molecular flexibility index (Phi) is 4.47. The van der Waals surface area contributed by atoms with E-state index in [2.05, 4.69) is 27.4 Å². The molecule has 0 bridgehead atoms. The minimum atomic E-state index is -0.642. The van der Waals surface area contributed by atoms with Gasteiger partial charge in [-0.25, -0.2) is 9.55 Å². The topological polar surface area (TPSA) is 96.7 Å². The lowest BCUT2D eigenvalue weighted by atomic mass is 9.81. The van der Waals surface area contributed by atoms with E-state index in [1.54, 1.807) is 35.8 Å². The fourth-order valence-electron chi connectivity index (χ4n) is 2.81. The number of hydrogen-bond donors (Lipinski definition) is 1. The molecule has 2 aromatic heterocycles. The number of aromatic nitrogens is 3. The molecule has 0 unspecified atom stereocenters. The van der Waals surface area contributed by atoms with Crippen LogP contribution in [0.25, 0.3) is 16.9 Å². The molecular weight excluding hydrogens is 342 g/mol. The lowest BCUT2D eigenvalue weighted by Gasteiger charge is -2.24. The SMILES string of the molecule is C#C[C@H](C(=O)Nc1nc2ccc(C#N)cc2n1-c1cc(C)no1)C(C)(C)C. The van der Waals surface area contributed by atoms with Crippen LogP contribution in [-0.2, 0) is 4.79 Å². The predicted molar refractivity (Wildman–Crippen MR) is 101 cm³/mol. The average Bonchev–Trinajstić information content (AvgIpc) is 3.16. The van der Waals surface area contributed by atoms with E-state index in [1.165, 1.54) is 0 Å². The number of amides is 1. The Morgan fingerprint density at radius 1 is 1.37 bits per heavy atom. The Hall–Kier alpha value is -3.58. The number of carbonyl (C=O) groups is 1. The number of anilines is 1. The first-order chi connectivity index (χ1) is 12.7. The van der Waals surface area contributed by atoms with Crippen molar-refractivity contribution in [2.24, 2.45) is 11.3 Å². The third-order valence-corrected chi connectivity index (χ3v) is 4.15. The van der Waals surface area contributed by atoms with Gasteiger partial charge in [-0.15, -0.1) is 6.42 Å². The van der Waals surface area contributed by atoms with Crippen LogP contribution in [0, 0.1) is 41.9 Å². The molecule has 0 aliphatic carbocycles. The number of terminal acetylenes is 1. The van der Waals surface area contributed by atoms with Gasteiger partial charge in [0, 0.05) is 6.07 Å². The van der Waals surface area contributed by atoms with Gasteiger partial charge in [-0.3, -0.25) is 10.1 Å². The Bertz CT molecular complexity index is 1100. The van der Waals surface area contributed by atoms with Crippen LogP contribution in [0.3, 0.4) is 0 Å². The van der Waals surface area contributed by atoms with Gasteiger partial charge in [0.05, 0.1) is 28.4 Å². The number of aryl methyl sites for hydroxylation is 1. The number of imidazole rings is 1. The zero-order chi connectivity index (χ0) is 19.8. The first kappa shape index (κ1) is 18.2. The second kappa shape index (κ2) is 6.62. The van der Waals surface area contributed by atoms with Gasteiger partial charge in [-0.05, 0) is 30.5 Å². The molecule has 0 saturated carbocycles. The zero-order valence-corrected chi connectivity index (χ0v) is 15.6. The summed E-state index contributed by atoms with van der Waals surface area (Å²) in [5, 5.41) is 15.9. The molecule has 2 heterocycles. The van der Waals surface area contributed by atoms with E-state index >= 15 is 0 Å². The Labute approximate surface area is 157 Å². The van der Waals surface area contributed by atoms with Crippen LogP contribution in [0.4, 0.5) is 5.95 Å². The van der Waals surface area contributed by atoms with Crippen molar-refractivity contribution in [2.45, 2.75) is 27.7 Å². The van der Waals surface area contributed by atoms with E-state index < -0.39 is 11.3 Å². The van der Waals surface area contributed by atoms with Crippen molar-refractivity contribution in [3.8, 4) is 24.3 Å². The zero-order valence-electron chi connectivity index (χ0n) is 15.6. The number of hydrogen-bond acceptors (Lipinski definition) is 5. The van der Waals surface area contributed by atoms with Crippen LogP contribution in [-0.4, -0.2) is 20.6 Å². The van der Waals surface area contributed by atoms with Crippen LogP contribution in [0.1, 0.15) is 32.0 Å². The number of fused-ring (bicyclic) bond motifs is 1. The maximum atomic E-state index is 12.8. The van der Waals surface area contributed by atoms with Crippen molar-refractivity contribution in [2.75, 3.05) is 5.32 Å². The fourth-order valence-corrected chi connectivity index (χ4v) is 2.81. The molecule has 1 aromatic carbocycles. The molecule has 1 atom stereocenters. The van der Waals surface area contributed by atoms with Crippen molar-refractivity contribution in [1.82, 2.24) is 14.7 Å². The van der Waals surface area contributed by atoms with E-state index in [4.69, 9.17) is 10.9 Å². The Morgan fingerprint density at radius 3 is 2.67 bits per heavy atom. The van der Waals surface area contributed by atoms with E-state index in [0.717, 1.165) is 0 Å². The number of nitrogens with one attached hydrogen (secondary N) is 1. The summed E-state index contributed by atoms with van der Waals surface area (Å²) in [4.78, 5) is 17.3. The lowest BCUT2D eigenvalue weighted by Crippen LogP contribution is -2.32. The quantitative estimate of drug-likeness (QED) is 0.721. The molecule has 7 heteroatoms. The summed E-state index contributed by atoms with van der Waals surface area (Å²) in [6, 6.07) is 8.88. The number of rotatable bonds is 3. The molecule has 27 heavy (non-hydrogen) atoms. The summed E-state index contributed by atoms with van der Waals surface area (Å²) in [5.41, 5.74) is 1.96. The van der Waals surface area contributed by atoms with Crippen molar-refractivity contribution in [3.05, 3.63) is 35.5 Å². The van der Waals surface area contributed by atoms with Crippen LogP contribution < -0.4 is 5.32 Å². The highest BCUT2D eigenvalue weighted by Gasteiger charge is 2.31. The summed E-state index contributed by atoms with van der Waals surface area (Å²) in [6.07, 6.45) is 5.58. The maximum absolute atomic E-state index is 12.8. The molecule has 1 amide bonds. The molecule has 1 N–H and O–H groups in total. The van der Waals surface area contributed by atoms with Crippen LogP contribution in [0.5, 0.6) is 0 Å². The van der Waals surface area contributed by atoms with Gasteiger partial charge in [0.1, 0.15) is 5.92 Å². The Morgan fingerprint density at radius 2 is 2.11 bits per heavy atom. The summed E-state index contributed by atoms with van der Waals surface area (Å²) < 4.78 is 6.98. The second-order valence-corrected chi connectivity index (χ2v) is 7.35. The number of carbonyl (C=O) groups excluding carboxylic acids is 1. The van der Waals surface area contributed by atoms with Gasteiger partial charge < -0.3 is 4.52 Å². The second-order valence-electron chi connectivity index (χ2n) is 7.35. The molecule has 0 spiro atoms. The summed E-state index contributed by atoms with van der Waals surface area (Å²) >= 11 is 0. The molecule has 0 aliphatic heterocycles. The van der Waals surface area contributed by atoms with E-state index in [1.807, 2.05) is 20.8 Å². The van der Waals surface area contributed by atoms with Crippen LogP contribution in [0.2, 0.25) is 0 Å². The number of benzene rings is 1. The van der Waals surface area contributed by atoms with Gasteiger partial charge in [0.25, 0.3) is 0 Å². The predicted octanol–water partition coefficient (Wildman–Crippen LogP) is 3.43. The summed E-state index contributed by atoms with van der Waals surface area (Å²) in [7, 11) is 0. The standard InChI is InChI=1S/C20H19N5O2/c1-6-14(20(3,4)5)18(26)23-19-22-15-8-7-13(11-21)10-16(15)25(19)17-9-12(2)24-27-17/h1,7-10,14H,2-5H3,(H,22,23,26)/t14-/m1/s1. The molecule has 0 saturated heterocycles. The molecule has 7 nitrogen and oxygen atoms in total. The largest absolute Gasteiger partial charge is 0.338 e. The highest BCUT2D eigenvalue weighted by molar-refractivity contribution is 5.95. The van der Waals surface area contributed by atoms with E-state index in [-0.39, 0.29) is 11.9 Å². The van der Waals surface area contributed by atoms with Crippen molar-refractivity contribution in [3.63, 3.8) is 0 Å². The van der Waals surface area contributed by atoms with E-state index in [9.17, 15) is 10.1 Å². The summed E-state index contributed by atoms with van der Waals surface area (Å²) in [5.74, 6) is 2.21. The smallest absolute Gasteiger partial charge is 0.242 e. The highest BCUT2D eigenvalue weighted by atomic mass is 16.5. The van der Waals surface area contributed by atoms with Crippen LogP contribution in [0.15, 0.2) is 28.8 Å². The van der Waals surface area contributed by atoms with Crippen molar-refractivity contribution < 1.29 is 9.32 Å². The van der Waals surface area contributed by atoms with Gasteiger partial charge in [0.2, 0.25) is 17.7 Å². The third-order valence-electron chi connectivity index (χ3n) is 4.15. The van der Waals surface area contributed by atoms with Gasteiger partial charge in [-0.1, -0.05) is 31.8 Å². The number of nitriles is 1. The molecule has 3 rings (SSSR count). The monoisotopic (exact) mass is 361 g/mol. The van der Waals surface area contributed by atoms with Gasteiger partial charge >= 0.3 is 0 Å². The molecule has 0 fully saturated rings. The van der Waals surface area contributed by atoms with Gasteiger partial charge in [0.15, 0.2) is 0 Å². The van der Waals surface area contributed by atoms with Gasteiger partial charge in [-0.2, -0.15) is 5.26 Å².